The summed E-state index contributed by atoms with van der Waals surface area (Å²) in [6, 6.07) is 7.11. The molecule has 2 aromatic rings. The number of aryl methyl sites for hydroxylation is 1. The predicted molar refractivity (Wildman–Crippen MR) is 78.2 cm³/mol. The molecule has 0 bridgehead atoms. The van der Waals surface area contributed by atoms with Crippen LogP contribution >= 0.6 is 11.3 Å². The van der Waals surface area contributed by atoms with Crippen LogP contribution in [0.5, 0.6) is 0 Å². The molecule has 0 saturated carbocycles. The van der Waals surface area contributed by atoms with E-state index in [-0.39, 0.29) is 5.56 Å². The monoisotopic (exact) mass is 321 g/mol. The number of imide groups is 1. The summed E-state index contributed by atoms with van der Waals surface area (Å²) in [5.41, 5.74) is 0.399. The van der Waals surface area contributed by atoms with Gasteiger partial charge in [0.15, 0.2) is 6.61 Å². The highest BCUT2D eigenvalue weighted by Crippen LogP contribution is 2.10. The lowest BCUT2D eigenvalue weighted by molar-refractivity contribution is -0.123. The average Bonchev–Trinajstić information content (AvgIpc) is 3.02. The van der Waals surface area contributed by atoms with E-state index >= 15 is 0 Å². The maximum absolute atomic E-state index is 13.3. The Balaban J connectivity index is 1.86. The molecule has 0 unspecified atom stereocenters. The zero-order valence-corrected chi connectivity index (χ0v) is 12.4. The topological polar surface area (TPSA) is 72.5 Å². The number of esters is 1. The van der Waals surface area contributed by atoms with E-state index in [1.807, 2.05) is 0 Å². The first kappa shape index (κ1) is 15.8. The Hall–Kier alpha value is -2.54. The molecule has 2 rings (SSSR count). The second kappa shape index (κ2) is 6.95. The minimum absolute atomic E-state index is 0.000448. The van der Waals surface area contributed by atoms with Crippen molar-refractivity contribution in [3.8, 4) is 0 Å². The van der Waals surface area contributed by atoms with Crippen LogP contribution in [0.4, 0.5) is 4.39 Å². The molecule has 0 radical (unpaired) electrons. The molecule has 114 valence electrons. The van der Waals surface area contributed by atoms with Crippen LogP contribution in [0, 0.1) is 12.7 Å². The fraction of sp³-hybridized carbons (Fsp3) is 0.133. The minimum Gasteiger partial charge on any atom is -0.452 e. The highest BCUT2D eigenvalue weighted by atomic mass is 32.1. The van der Waals surface area contributed by atoms with E-state index in [4.69, 9.17) is 4.74 Å². The van der Waals surface area contributed by atoms with Gasteiger partial charge in [-0.05, 0) is 36.1 Å². The molecule has 7 heteroatoms. The zero-order valence-electron chi connectivity index (χ0n) is 11.6. The quantitative estimate of drug-likeness (QED) is 0.877. The van der Waals surface area contributed by atoms with Crippen molar-refractivity contribution in [3.05, 3.63) is 57.5 Å². The van der Waals surface area contributed by atoms with Crippen molar-refractivity contribution in [3.63, 3.8) is 0 Å². The van der Waals surface area contributed by atoms with Crippen molar-refractivity contribution in [2.45, 2.75) is 6.92 Å². The number of hydrogen-bond acceptors (Lipinski definition) is 5. The summed E-state index contributed by atoms with van der Waals surface area (Å²) in [4.78, 5) is 35.2. The molecule has 0 spiro atoms. The molecule has 0 aliphatic carbocycles. The van der Waals surface area contributed by atoms with Gasteiger partial charge in [0.1, 0.15) is 5.82 Å². The van der Waals surface area contributed by atoms with Gasteiger partial charge in [0.25, 0.3) is 11.8 Å². The Morgan fingerprint density at radius 1 is 1.27 bits per heavy atom. The zero-order chi connectivity index (χ0) is 16.1. The van der Waals surface area contributed by atoms with E-state index in [0.29, 0.717) is 10.4 Å². The molecule has 1 N–H and O–H groups in total. The van der Waals surface area contributed by atoms with Crippen molar-refractivity contribution >= 4 is 29.1 Å². The van der Waals surface area contributed by atoms with Crippen LogP contribution in [0.2, 0.25) is 0 Å². The Morgan fingerprint density at radius 2 is 2.05 bits per heavy atom. The average molecular weight is 321 g/mol. The Bertz CT molecular complexity index is 712. The standard InChI is InChI=1S/C15H12FNO4S/c1-9-4-5-10(7-11(9)16)15(20)21-8-13(18)17-14(19)12-3-2-6-22-12/h2-7H,8H2,1H3,(H,17,18,19). The molecule has 1 aromatic heterocycles. The van der Waals surface area contributed by atoms with Gasteiger partial charge >= 0.3 is 5.97 Å². The van der Waals surface area contributed by atoms with Gasteiger partial charge in [0, 0.05) is 0 Å². The number of carbonyl (C=O) groups excluding carboxylic acids is 3. The number of thiophene rings is 1. The predicted octanol–water partition coefficient (Wildman–Crippen LogP) is 2.31. The van der Waals surface area contributed by atoms with Crippen molar-refractivity contribution in [1.29, 1.82) is 0 Å². The molecule has 1 heterocycles. The fourth-order valence-electron chi connectivity index (χ4n) is 1.57. The van der Waals surface area contributed by atoms with Crippen molar-refractivity contribution in [2.75, 3.05) is 6.61 Å². The largest absolute Gasteiger partial charge is 0.452 e. The number of hydrogen-bond donors (Lipinski definition) is 1. The third-order valence-corrected chi connectivity index (χ3v) is 3.61. The molecule has 5 nitrogen and oxygen atoms in total. The molecule has 1 aromatic carbocycles. The Kier molecular flexibility index (Phi) is 5.00. The fourth-order valence-corrected chi connectivity index (χ4v) is 2.19. The highest BCUT2D eigenvalue weighted by Gasteiger charge is 2.15. The summed E-state index contributed by atoms with van der Waals surface area (Å²) in [6.07, 6.45) is 0. The van der Waals surface area contributed by atoms with E-state index in [1.54, 1.807) is 24.4 Å². The van der Waals surface area contributed by atoms with Gasteiger partial charge in [-0.25, -0.2) is 9.18 Å². The molecule has 22 heavy (non-hydrogen) atoms. The van der Waals surface area contributed by atoms with E-state index in [9.17, 15) is 18.8 Å². The molecule has 0 saturated heterocycles. The van der Waals surface area contributed by atoms with Crippen LogP contribution in [-0.4, -0.2) is 24.4 Å². The molecule has 0 aliphatic rings. The second-order valence-electron chi connectivity index (χ2n) is 4.39. The van der Waals surface area contributed by atoms with Crippen LogP contribution in [0.1, 0.15) is 25.6 Å². The van der Waals surface area contributed by atoms with Gasteiger partial charge in [-0.3, -0.25) is 14.9 Å². The van der Waals surface area contributed by atoms with Crippen LogP contribution in [0.15, 0.2) is 35.7 Å². The lowest BCUT2D eigenvalue weighted by Crippen LogP contribution is -2.33. The number of carbonyl (C=O) groups is 3. The molecule has 2 amide bonds. The Labute approximate surface area is 129 Å². The first-order valence-electron chi connectivity index (χ1n) is 6.28. The van der Waals surface area contributed by atoms with E-state index in [2.05, 4.69) is 5.32 Å². The first-order valence-corrected chi connectivity index (χ1v) is 7.16. The maximum atomic E-state index is 13.3. The van der Waals surface area contributed by atoms with Crippen LogP contribution in [0.25, 0.3) is 0 Å². The van der Waals surface area contributed by atoms with E-state index in [0.717, 1.165) is 6.07 Å². The normalized spacial score (nSPS) is 10.1. The van der Waals surface area contributed by atoms with Gasteiger partial charge in [0.05, 0.1) is 10.4 Å². The lowest BCUT2D eigenvalue weighted by Gasteiger charge is -2.06. The van der Waals surface area contributed by atoms with Crippen LogP contribution < -0.4 is 5.32 Å². The summed E-state index contributed by atoms with van der Waals surface area (Å²) >= 11 is 1.18. The molecular weight excluding hydrogens is 309 g/mol. The third-order valence-electron chi connectivity index (χ3n) is 2.74. The highest BCUT2D eigenvalue weighted by molar-refractivity contribution is 7.12. The number of rotatable bonds is 4. The smallest absolute Gasteiger partial charge is 0.338 e. The van der Waals surface area contributed by atoms with Gasteiger partial charge in [-0.1, -0.05) is 12.1 Å². The third kappa shape index (κ3) is 3.98. The van der Waals surface area contributed by atoms with E-state index < -0.39 is 30.2 Å². The number of amides is 2. The summed E-state index contributed by atoms with van der Waals surface area (Å²) in [5, 5.41) is 3.79. The molecular formula is C15H12FNO4S. The lowest BCUT2D eigenvalue weighted by atomic mass is 10.1. The van der Waals surface area contributed by atoms with Gasteiger partial charge in [-0.15, -0.1) is 11.3 Å². The SMILES string of the molecule is Cc1ccc(C(=O)OCC(=O)NC(=O)c2cccs2)cc1F. The maximum Gasteiger partial charge on any atom is 0.338 e. The van der Waals surface area contributed by atoms with E-state index in [1.165, 1.54) is 23.5 Å². The number of benzene rings is 1. The number of nitrogens with one attached hydrogen (secondary N) is 1. The van der Waals surface area contributed by atoms with Crippen LogP contribution in [-0.2, 0) is 9.53 Å². The second-order valence-corrected chi connectivity index (χ2v) is 5.34. The summed E-state index contributed by atoms with van der Waals surface area (Å²) in [7, 11) is 0. The van der Waals surface area contributed by atoms with Crippen molar-refractivity contribution < 1.29 is 23.5 Å². The molecule has 0 atom stereocenters. The van der Waals surface area contributed by atoms with Gasteiger partial charge in [0.2, 0.25) is 0 Å². The Morgan fingerprint density at radius 3 is 2.68 bits per heavy atom. The molecule has 0 aliphatic heterocycles. The first-order chi connectivity index (χ1) is 10.5. The number of ether oxygens (including phenoxy) is 1. The molecule has 0 fully saturated rings. The van der Waals surface area contributed by atoms with Gasteiger partial charge < -0.3 is 4.74 Å². The summed E-state index contributed by atoms with van der Waals surface area (Å²) in [5.74, 6) is -2.68. The minimum atomic E-state index is -0.836. The van der Waals surface area contributed by atoms with Crippen molar-refractivity contribution in [1.82, 2.24) is 5.32 Å². The summed E-state index contributed by atoms with van der Waals surface area (Å²) in [6.45, 7) is 0.944. The van der Waals surface area contributed by atoms with Gasteiger partial charge in [-0.2, -0.15) is 0 Å². The summed E-state index contributed by atoms with van der Waals surface area (Å²) < 4.78 is 18.1. The number of halogens is 1. The van der Waals surface area contributed by atoms with Crippen molar-refractivity contribution in [2.24, 2.45) is 0 Å². The van der Waals surface area contributed by atoms with Crippen LogP contribution in [0.3, 0.4) is 0 Å².